The Labute approximate surface area is 113 Å². The number of carbonyl (C=O) groups is 2. The first kappa shape index (κ1) is 15.1. The van der Waals surface area contributed by atoms with Crippen molar-refractivity contribution in [3.63, 3.8) is 0 Å². The van der Waals surface area contributed by atoms with Crippen LogP contribution in [0.4, 0.5) is 0 Å². The van der Waals surface area contributed by atoms with Crippen LogP contribution in [-0.4, -0.2) is 28.5 Å². The van der Waals surface area contributed by atoms with Crippen molar-refractivity contribution in [1.82, 2.24) is 10.3 Å². The predicted molar refractivity (Wildman–Crippen MR) is 71.9 cm³/mol. The van der Waals surface area contributed by atoms with E-state index in [1.165, 1.54) is 0 Å². The van der Waals surface area contributed by atoms with Crippen LogP contribution in [0.15, 0.2) is 18.3 Å². The zero-order chi connectivity index (χ0) is 14.4. The molecule has 1 aromatic heterocycles. The second-order valence-corrected chi connectivity index (χ2v) is 5.04. The van der Waals surface area contributed by atoms with E-state index in [9.17, 15) is 9.59 Å². The number of nitrogens with one attached hydrogen (secondary N) is 1. The molecule has 1 rings (SSSR count). The molecule has 0 aliphatic rings. The molecule has 0 aromatic carbocycles. The van der Waals surface area contributed by atoms with Crippen LogP contribution in [0.1, 0.15) is 36.3 Å². The summed E-state index contributed by atoms with van der Waals surface area (Å²) in [6.07, 6.45) is 2.08. The number of aryl methyl sites for hydroxylation is 1. The number of carboxylic acid groups (broad SMARTS) is 1. The Balaban J connectivity index is 2.62. The third-order valence-electron chi connectivity index (χ3n) is 2.84. The summed E-state index contributed by atoms with van der Waals surface area (Å²) < 4.78 is 0. The highest BCUT2D eigenvalue weighted by Gasteiger charge is 2.20. The van der Waals surface area contributed by atoms with Gasteiger partial charge in [0.15, 0.2) is 0 Å². The standard InChI is InChI=1S/C14H20N2O3/c1-9(2)7-11(14(18)19)8-16-13(17)12-10(3)5-4-6-15-12/h4-6,9,11H,7-8H2,1-3H3,(H,16,17)(H,18,19). The Kier molecular flexibility index (Phi) is 5.48. The number of rotatable bonds is 6. The van der Waals surface area contributed by atoms with E-state index in [1.54, 1.807) is 25.3 Å². The molecule has 1 aromatic rings. The molecule has 104 valence electrons. The van der Waals surface area contributed by atoms with Crippen molar-refractivity contribution < 1.29 is 14.7 Å². The molecule has 1 heterocycles. The maximum Gasteiger partial charge on any atom is 0.308 e. The maximum atomic E-state index is 11.9. The number of aliphatic carboxylic acids is 1. The molecule has 5 heteroatoms. The van der Waals surface area contributed by atoms with Crippen molar-refractivity contribution in [2.24, 2.45) is 11.8 Å². The van der Waals surface area contributed by atoms with Gasteiger partial charge in [0.2, 0.25) is 0 Å². The Morgan fingerprint density at radius 1 is 1.42 bits per heavy atom. The minimum Gasteiger partial charge on any atom is -0.481 e. The van der Waals surface area contributed by atoms with E-state index >= 15 is 0 Å². The lowest BCUT2D eigenvalue weighted by Gasteiger charge is -2.15. The first-order valence-electron chi connectivity index (χ1n) is 6.34. The fraction of sp³-hybridized carbons (Fsp3) is 0.500. The monoisotopic (exact) mass is 264 g/mol. The minimum atomic E-state index is -0.883. The Morgan fingerprint density at radius 3 is 2.63 bits per heavy atom. The quantitative estimate of drug-likeness (QED) is 0.822. The van der Waals surface area contributed by atoms with Gasteiger partial charge in [0.05, 0.1) is 5.92 Å². The van der Waals surface area contributed by atoms with E-state index in [2.05, 4.69) is 10.3 Å². The highest BCUT2D eigenvalue weighted by atomic mass is 16.4. The van der Waals surface area contributed by atoms with Gasteiger partial charge in [0.25, 0.3) is 5.91 Å². The van der Waals surface area contributed by atoms with Crippen molar-refractivity contribution in [3.05, 3.63) is 29.6 Å². The predicted octanol–water partition coefficient (Wildman–Crippen LogP) is 1.87. The van der Waals surface area contributed by atoms with Gasteiger partial charge in [-0.25, -0.2) is 0 Å². The average Bonchev–Trinajstić information content (AvgIpc) is 2.34. The van der Waals surface area contributed by atoms with Crippen molar-refractivity contribution in [1.29, 1.82) is 0 Å². The van der Waals surface area contributed by atoms with Crippen LogP contribution in [0, 0.1) is 18.8 Å². The molecule has 0 bridgehead atoms. The number of carboxylic acids is 1. The lowest BCUT2D eigenvalue weighted by Crippen LogP contribution is -2.34. The molecule has 2 N–H and O–H groups in total. The van der Waals surface area contributed by atoms with Gasteiger partial charge < -0.3 is 10.4 Å². The SMILES string of the molecule is Cc1cccnc1C(=O)NCC(CC(C)C)C(=O)O. The number of pyridine rings is 1. The summed E-state index contributed by atoms with van der Waals surface area (Å²) in [5, 5.41) is 11.7. The molecule has 0 fully saturated rings. The van der Waals surface area contributed by atoms with Crippen LogP contribution in [0.25, 0.3) is 0 Å². The van der Waals surface area contributed by atoms with Crippen LogP contribution in [0.5, 0.6) is 0 Å². The third-order valence-corrected chi connectivity index (χ3v) is 2.84. The first-order chi connectivity index (χ1) is 8.91. The van der Waals surface area contributed by atoms with Crippen LogP contribution >= 0.6 is 0 Å². The second-order valence-electron chi connectivity index (χ2n) is 5.04. The van der Waals surface area contributed by atoms with Gasteiger partial charge in [-0.05, 0) is 30.9 Å². The second kappa shape index (κ2) is 6.87. The summed E-state index contributed by atoms with van der Waals surface area (Å²) in [6, 6.07) is 3.55. The Morgan fingerprint density at radius 2 is 2.11 bits per heavy atom. The fourth-order valence-corrected chi connectivity index (χ4v) is 1.86. The van der Waals surface area contributed by atoms with Gasteiger partial charge in [0, 0.05) is 12.7 Å². The van der Waals surface area contributed by atoms with Crippen molar-refractivity contribution >= 4 is 11.9 Å². The molecule has 0 radical (unpaired) electrons. The van der Waals surface area contributed by atoms with Crippen LogP contribution < -0.4 is 5.32 Å². The lowest BCUT2D eigenvalue weighted by atomic mass is 9.97. The molecule has 0 aliphatic carbocycles. The van der Waals surface area contributed by atoms with Gasteiger partial charge in [-0.2, -0.15) is 0 Å². The van der Waals surface area contributed by atoms with Crippen LogP contribution in [-0.2, 0) is 4.79 Å². The number of hydrogen-bond acceptors (Lipinski definition) is 3. The number of carbonyl (C=O) groups excluding carboxylic acids is 1. The highest BCUT2D eigenvalue weighted by molar-refractivity contribution is 5.93. The van der Waals surface area contributed by atoms with Crippen molar-refractivity contribution in [2.45, 2.75) is 27.2 Å². The summed E-state index contributed by atoms with van der Waals surface area (Å²) in [5.74, 6) is -1.50. The molecule has 19 heavy (non-hydrogen) atoms. The zero-order valence-electron chi connectivity index (χ0n) is 11.5. The van der Waals surface area contributed by atoms with Crippen LogP contribution in [0.3, 0.4) is 0 Å². The number of amides is 1. The van der Waals surface area contributed by atoms with E-state index in [-0.39, 0.29) is 18.4 Å². The topological polar surface area (TPSA) is 79.3 Å². The summed E-state index contributed by atoms with van der Waals surface area (Å²) in [5.41, 5.74) is 1.12. The highest BCUT2D eigenvalue weighted by Crippen LogP contribution is 2.11. The third kappa shape index (κ3) is 4.69. The van der Waals surface area contributed by atoms with Gasteiger partial charge in [-0.1, -0.05) is 19.9 Å². The van der Waals surface area contributed by atoms with Gasteiger partial charge in [-0.3, -0.25) is 14.6 Å². The average molecular weight is 264 g/mol. The van der Waals surface area contributed by atoms with E-state index in [1.807, 2.05) is 13.8 Å². The smallest absolute Gasteiger partial charge is 0.308 e. The summed E-state index contributed by atoms with van der Waals surface area (Å²) >= 11 is 0. The largest absolute Gasteiger partial charge is 0.481 e. The molecule has 5 nitrogen and oxygen atoms in total. The molecule has 1 atom stereocenters. The first-order valence-corrected chi connectivity index (χ1v) is 6.34. The van der Waals surface area contributed by atoms with E-state index in [4.69, 9.17) is 5.11 Å². The minimum absolute atomic E-state index is 0.127. The number of nitrogens with zero attached hydrogens (tertiary/aromatic N) is 1. The molecule has 0 saturated carbocycles. The van der Waals surface area contributed by atoms with Crippen LogP contribution in [0.2, 0.25) is 0 Å². The molecule has 0 spiro atoms. The normalized spacial score (nSPS) is 12.2. The maximum absolute atomic E-state index is 11.9. The van der Waals surface area contributed by atoms with Gasteiger partial charge >= 0.3 is 5.97 Å². The van der Waals surface area contributed by atoms with E-state index < -0.39 is 11.9 Å². The molecule has 1 amide bonds. The van der Waals surface area contributed by atoms with Crippen molar-refractivity contribution in [3.8, 4) is 0 Å². The molecular formula is C14H20N2O3. The molecule has 1 unspecified atom stereocenters. The zero-order valence-corrected chi connectivity index (χ0v) is 11.5. The lowest BCUT2D eigenvalue weighted by molar-refractivity contribution is -0.142. The molecular weight excluding hydrogens is 244 g/mol. The van der Waals surface area contributed by atoms with Crippen molar-refractivity contribution in [2.75, 3.05) is 6.54 Å². The van der Waals surface area contributed by atoms with E-state index in [0.717, 1.165) is 5.56 Å². The summed E-state index contributed by atoms with van der Waals surface area (Å²) in [4.78, 5) is 27.0. The molecule has 0 saturated heterocycles. The van der Waals surface area contributed by atoms with Gasteiger partial charge in [-0.15, -0.1) is 0 Å². The Hall–Kier alpha value is -1.91. The number of hydrogen-bond donors (Lipinski definition) is 2. The number of aromatic nitrogens is 1. The van der Waals surface area contributed by atoms with E-state index in [0.29, 0.717) is 12.1 Å². The Bertz CT molecular complexity index is 458. The van der Waals surface area contributed by atoms with Gasteiger partial charge in [0.1, 0.15) is 5.69 Å². The summed E-state index contributed by atoms with van der Waals surface area (Å²) in [7, 11) is 0. The fourth-order valence-electron chi connectivity index (χ4n) is 1.86. The molecule has 0 aliphatic heterocycles. The summed E-state index contributed by atoms with van der Waals surface area (Å²) in [6.45, 7) is 5.84.